The first kappa shape index (κ1) is 10.1. The van der Waals surface area contributed by atoms with Gasteiger partial charge in [0.1, 0.15) is 11.0 Å². The number of benzene rings is 1. The number of pyridine rings is 2. The molecule has 5 rings (SSSR count). The molecule has 0 amide bonds. The number of nitrogens with zero attached hydrogens (tertiary/aromatic N) is 3. The molecule has 1 aromatic carbocycles. The van der Waals surface area contributed by atoms with Crippen molar-refractivity contribution in [2.45, 2.75) is 6.92 Å². The zero-order valence-corrected chi connectivity index (χ0v) is 11.0. The van der Waals surface area contributed by atoms with Gasteiger partial charge in [0.25, 0.3) is 0 Å². The molecule has 0 atom stereocenters. The van der Waals surface area contributed by atoms with Gasteiger partial charge in [-0.1, -0.05) is 12.1 Å². The first-order valence-corrected chi connectivity index (χ1v) is 6.71. The normalized spacial score (nSPS) is 12.2. The van der Waals surface area contributed by atoms with E-state index in [1.165, 1.54) is 27.4 Å². The molecule has 3 heteroatoms. The molecule has 0 N–H and O–H groups in total. The van der Waals surface area contributed by atoms with E-state index < -0.39 is 0 Å². The van der Waals surface area contributed by atoms with Crippen molar-refractivity contribution in [3.8, 4) is 0 Å². The number of aryl methyl sites for hydroxylation is 1. The van der Waals surface area contributed by atoms with Crippen molar-refractivity contribution in [1.82, 2.24) is 14.4 Å². The summed E-state index contributed by atoms with van der Waals surface area (Å²) >= 11 is 0. The molecule has 0 radical (unpaired) electrons. The Morgan fingerprint density at radius 2 is 1.70 bits per heavy atom. The zero-order valence-electron chi connectivity index (χ0n) is 11.0. The van der Waals surface area contributed by atoms with Crippen LogP contribution in [0.3, 0.4) is 0 Å². The van der Waals surface area contributed by atoms with Gasteiger partial charge in [-0.25, -0.2) is 0 Å². The van der Waals surface area contributed by atoms with Crippen molar-refractivity contribution in [2.24, 2.45) is 0 Å². The number of rotatable bonds is 0. The average molecular weight is 257 g/mol. The molecule has 0 aliphatic rings. The lowest BCUT2D eigenvalue weighted by Gasteiger charge is -1.98. The molecule has 0 saturated heterocycles. The van der Waals surface area contributed by atoms with E-state index in [1.54, 1.807) is 0 Å². The van der Waals surface area contributed by atoms with Crippen LogP contribution in [0.1, 0.15) is 5.56 Å². The van der Waals surface area contributed by atoms with E-state index in [4.69, 9.17) is 0 Å². The SMILES string of the molecule is Cc1cccc2c1c1ccnc3c4ncccc4n2c13. The molecular weight excluding hydrogens is 246 g/mol. The van der Waals surface area contributed by atoms with Gasteiger partial charge in [-0.2, -0.15) is 0 Å². The number of hydrogen-bond acceptors (Lipinski definition) is 2. The minimum atomic E-state index is 0.983. The Balaban J connectivity index is 2.31. The summed E-state index contributed by atoms with van der Waals surface area (Å²) in [5.74, 6) is 0. The second-order valence-corrected chi connectivity index (χ2v) is 5.23. The molecule has 20 heavy (non-hydrogen) atoms. The summed E-state index contributed by atoms with van der Waals surface area (Å²) in [6.07, 6.45) is 3.72. The second-order valence-electron chi connectivity index (χ2n) is 5.23. The standard InChI is InChI=1S/C17H11N3/c1-10-4-2-5-12-14(10)11-7-9-19-16-15-13(6-3-8-18-15)20(12)17(11)16/h2-9H,1H3. The largest absolute Gasteiger partial charge is 0.305 e. The Morgan fingerprint density at radius 1 is 0.850 bits per heavy atom. The maximum Gasteiger partial charge on any atom is 0.115 e. The first-order valence-electron chi connectivity index (χ1n) is 6.71. The second kappa shape index (κ2) is 3.25. The van der Waals surface area contributed by atoms with Crippen molar-refractivity contribution in [3.05, 3.63) is 54.4 Å². The molecule has 3 nitrogen and oxygen atoms in total. The van der Waals surface area contributed by atoms with Gasteiger partial charge in [-0.05, 0) is 36.8 Å². The fourth-order valence-corrected chi connectivity index (χ4v) is 3.37. The van der Waals surface area contributed by atoms with Crippen LogP contribution >= 0.6 is 0 Å². The van der Waals surface area contributed by atoms with Gasteiger partial charge in [-0.3, -0.25) is 9.97 Å². The van der Waals surface area contributed by atoms with Crippen LogP contribution in [0, 0.1) is 6.92 Å². The topological polar surface area (TPSA) is 30.2 Å². The van der Waals surface area contributed by atoms with Gasteiger partial charge in [0.15, 0.2) is 0 Å². The van der Waals surface area contributed by atoms with Crippen LogP contribution in [-0.4, -0.2) is 14.4 Å². The van der Waals surface area contributed by atoms with Crippen molar-refractivity contribution in [3.63, 3.8) is 0 Å². The molecule has 5 aromatic rings. The molecular formula is C17H11N3. The number of hydrogen-bond donors (Lipinski definition) is 0. The van der Waals surface area contributed by atoms with Gasteiger partial charge in [-0.15, -0.1) is 0 Å². The molecule has 0 unspecified atom stereocenters. The summed E-state index contributed by atoms with van der Waals surface area (Å²) in [6, 6.07) is 12.7. The van der Waals surface area contributed by atoms with E-state index in [9.17, 15) is 0 Å². The Labute approximate surface area is 114 Å². The average Bonchev–Trinajstić information content (AvgIpc) is 2.99. The predicted octanol–water partition coefficient (Wildman–Crippen LogP) is 3.94. The molecule has 4 heterocycles. The lowest BCUT2D eigenvalue weighted by molar-refractivity contribution is 1.34. The fraction of sp³-hybridized carbons (Fsp3) is 0.0588. The predicted molar refractivity (Wildman–Crippen MR) is 81.4 cm³/mol. The molecule has 0 fully saturated rings. The van der Waals surface area contributed by atoms with Crippen LogP contribution in [0.25, 0.3) is 38.4 Å². The monoisotopic (exact) mass is 257 g/mol. The van der Waals surface area contributed by atoms with Crippen molar-refractivity contribution in [1.29, 1.82) is 0 Å². The maximum atomic E-state index is 4.56. The lowest BCUT2D eigenvalue weighted by Crippen LogP contribution is -1.82. The quantitative estimate of drug-likeness (QED) is 0.420. The Morgan fingerprint density at radius 3 is 2.65 bits per heavy atom. The highest BCUT2D eigenvalue weighted by Gasteiger charge is 2.18. The van der Waals surface area contributed by atoms with Crippen LogP contribution in [0.15, 0.2) is 48.8 Å². The van der Waals surface area contributed by atoms with Gasteiger partial charge in [0.05, 0.1) is 16.6 Å². The minimum absolute atomic E-state index is 0.983. The van der Waals surface area contributed by atoms with Crippen LogP contribution in [-0.2, 0) is 0 Å². The van der Waals surface area contributed by atoms with Gasteiger partial charge < -0.3 is 4.40 Å². The Bertz CT molecular complexity index is 1110. The molecule has 4 aromatic heterocycles. The highest BCUT2D eigenvalue weighted by atomic mass is 15.0. The molecule has 94 valence electrons. The van der Waals surface area contributed by atoms with E-state index in [0.717, 1.165) is 16.6 Å². The van der Waals surface area contributed by atoms with E-state index >= 15 is 0 Å². The summed E-state index contributed by atoms with van der Waals surface area (Å²) in [6.45, 7) is 2.16. The number of fused-ring (bicyclic) bond motifs is 6. The third-order valence-electron chi connectivity index (χ3n) is 4.16. The third kappa shape index (κ3) is 0.990. The van der Waals surface area contributed by atoms with E-state index in [0.29, 0.717) is 0 Å². The van der Waals surface area contributed by atoms with Crippen LogP contribution in [0.2, 0.25) is 0 Å². The van der Waals surface area contributed by atoms with E-state index in [2.05, 4.69) is 51.6 Å². The Kier molecular flexibility index (Phi) is 1.65. The lowest BCUT2D eigenvalue weighted by atomic mass is 10.1. The summed E-state index contributed by atoms with van der Waals surface area (Å²) < 4.78 is 2.29. The molecule has 0 aliphatic heterocycles. The highest BCUT2D eigenvalue weighted by molar-refractivity contribution is 6.21. The van der Waals surface area contributed by atoms with Gasteiger partial charge in [0, 0.05) is 23.2 Å². The molecule has 0 saturated carbocycles. The zero-order chi connectivity index (χ0) is 13.3. The maximum absolute atomic E-state index is 4.56. The van der Waals surface area contributed by atoms with Crippen molar-refractivity contribution >= 4 is 38.4 Å². The smallest absolute Gasteiger partial charge is 0.115 e. The van der Waals surface area contributed by atoms with Crippen molar-refractivity contribution < 1.29 is 0 Å². The van der Waals surface area contributed by atoms with Crippen LogP contribution in [0.4, 0.5) is 0 Å². The van der Waals surface area contributed by atoms with Gasteiger partial charge in [0.2, 0.25) is 0 Å². The van der Waals surface area contributed by atoms with Gasteiger partial charge >= 0.3 is 0 Å². The summed E-state index contributed by atoms with van der Waals surface area (Å²) in [4.78, 5) is 9.08. The summed E-state index contributed by atoms with van der Waals surface area (Å²) in [5.41, 5.74) is 6.83. The first-order chi connectivity index (χ1) is 9.86. The minimum Gasteiger partial charge on any atom is -0.305 e. The Hall–Kier alpha value is -2.68. The summed E-state index contributed by atoms with van der Waals surface area (Å²) in [5, 5.41) is 2.58. The van der Waals surface area contributed by atoms with E-state index in [-0.39, 0.29) is 0 Å². The molecule has 0 aliphatic carbocycles. The molecule has 0 spiro atoms. The van der Waals surface area contributed by atoms with Crippen LogP contribution < -0.4 is 0 Å². The molecule has 0 bridgehead atoms. The highest BCUT2D eigenvalue weighted by Crippen LogP contribution is 2.37. The number of aromatic nitrogens is 3. The third-order valence-corrected chi connectivity index (χ3v) is 4.16. The fourth-order valence-electron chi connectivity index (χ4n) is 3.37. The van der Waals surface area contributed by atoms with Crippen LogP contribution in [0.5, 0.6) is 0 Å². The summed E-state index contributed by atoms with van der Waals surface area (Å²) in [7, 11) is 0. The van der Waals surface area contributed by atoms with Crippen molar-refractivity contribution in [2.75, 3.05) is 0 Å². The van der Waals surface area contributed by atoms with E-state index in [1.807, 2.05) is 18.5 Å².